The molecule has 0 bridgehead atoms. The number of hydrogen-bond donors (Lipinski definition) is 2. The van der Waals surface area contributed by atoms with Crippen molar-refractivity contribution in [3.63, 3.8) is 0 Å². The van der Waals surface area contributed by atoms with Crippen LogP contribution in [0.2, 0.25) is 0 Å². The second-order valence-corrected chi connectivity index (χ2v) is 8.46. The molecule has 0 radical (unpaired) electrons. The lowest BCUT2D eigenvalue weighted by Crippen LogP contribution is -2.42. The molecule has 32 heavy (non-hydrogen) atoms. The van der Waals surface area contributed by atoms with E-state index in [-0.39, 0.29) is 30.0 Å². The van der Waals surface area contributed by atoms with Crippen LogP contribution in [0.1, 0.15) is 23.2 Å². The van der Waals surface area contributed by atoms with Crippen molar-refractivity contribution < 1.29 is 28.6 Å². The predicted molar refractivity (Wildman–Crippen MR) is 116 cm³/mol. The van der Waals surface area contributed by atoms with Gasteiger partial charge in [0.25, 0.3) is 0 Å². The Labute approximate surface area is 186 Å². The highest BCUT2D eigenvalue weighted by molar-refractivity contribution is 5.92. The van der Waals surface area contributed by atoms with Gasteiger partial charge in [0.1, 0.15) is 17.7 Å². The van der Waals surface area contributed by atoms with Crippen molar-refractivity contribution in [2.24, 2.45) is 11.8 Å². The Balaban J connectivity index is 1.33. The number of fused-ring (bicyclic) bond motifs is 1. The number of carbonyl (C=O) groups excluding carboxylic acids is 2. The number of methoxy groups -OCH3 is 1. The lowest BCUT2D eigenvalue weighted by molar-refractivity contribution is -0.117. The fraction of sp³-hybridized carbons (Fsp3) is 0.417. The second-order valence-electron chi connectivity index (χ2n) is 8.46. The van der Waals surface area contributed by atoms with Crippen molar-refractivity contribution in [1.82, 2.24) is 4.90 Å². The van der Waals surface area contributed by atoms with Gasteiger partial charge in [0.05, 0.1) is 31.0 Å². The van der Waals surface area contributed by atoms with E-state index in [0.717, 1.165) is 0 Å². The molecule has 0 spiro atoms. The smallest absolute Gasteiger partial charge is 0.337 e. The zero-order chi connectivity index (χ0) is 22.7. The summed E-state index contributed by atoms with van der Waals surface area (Å²) in [6.45, 7) is 1.59. The first-order chi connectivity index (χ1) is 15.4. The topological polar surface area (TPSA) is 88.1 Å². The van der Waals surface area contributed by atoms with Gasteiger partial charge in [0.2, 0.25) is 5.91 Å². The maximum Gasteiger partial charge on any atom is 0.337 e. The Morgan fingerprint density at radius 2 is 1.88 bits per heavy atom. The fourth-order valence-electron chi connectivity index (χ4n) is 4.69. The number of aliphatic hydroxyl groups excluding tert-OH is 1. The molecule has 2 aromatic rings. The van der Waals surface area contributed by atoms with E-state index in [2.05, 4.69) is 5.32 Å². The normalized spacial score (nSPS) is 25.1. The van der Waals surface area contributed by atoms with Crippen LogP contribution < -0.4 is 10.1 Å². The van der Waals surface area contributed by atoms with E-state index >= 15 is 0 Å². The van der Waals surface area contributed by atoms with Crippen LogP contribution in [-0.4, -0.2) is 60.8 Å². The van der Waals surface area contributed by atoms with Crippen LogP contribution >= 0.6 is 0 Å². The van der Waals surface area contributed by atoms with Crippen molar-refractivity contribution in [2.75, 3.05) is 32.1 Å². The molecule has 1 saturated carbocycles. The van der Waals surface area contributed by atoms with E-state index in [1.807, 2.05) is 4.90 Å². The molecule has 1 heterocycles. The summed E-state index contributed by atoms with van der Waals surface area (Å²) in [5, 5.41) is 13.3. The van der Waals surface area contributed by atoms with Crippen LogP contribution in [0.15, 0.2) is 48.5 Å². The van der Waals surface area contributed by atoms with Crippen molar-refractivity contribution in [1.29, 1.82) is 0 Å². The van der Waals surface area contributed by atoms with Crippen molar-refractivity contribution in [3.8, 4) is 5.75 Å². The van der Waals surface area contributed by atoms with Gasteiger partial charge in [0, 0.05) is 13.1 Å². The van der Waals surface area contributed by atoms with Gasteiger partial charge in [-0.3, -0.25) is 9.69 Å². The molecule has 2 N–H and O–H groups in total. The standard InChI is InChI=1S/C24H27FN2O5/c1-31-24(30)15-5-4-6-18(9-15)32-22-11-17-13-27(12-16(17)10-21(22)28)14-23(29)26-20-8-3-2-7-19(20)25/h2-9,16-17,21-22,28H,10-14H2,1H3,(H,26,29)/t16-,17+,21+,22+/m0/s1. The molecule has 1 amide bonds. The Morgan fingerprint density at radius 1 is 1.12 bits per heavy atom. The second kappa shape index (κ2) is 9.67. The van der Waals surface area contributed by atoms with Gasteiger partial charge in [-0.1, -0.05) is 18.2 Å². The highest BCUT2D eigenvalue weighted by Gasteiger charge is 2.43. The lowest BCUT2D eigenvalue weighted by Gasteiger charge is -2.35. The van der Waals surface area contributed by atoms with Crippen LogP contribution in [0.25, 0.3) is 0 Å². The first-order valence-corrected chi connectivity index (χ1v) is 10.7. The average Bonchev–Trinajstić information content (AvgIpc) is 3.15. The van der Waals surface area contributed by atoms with Crippen molar-refractivity contribution in [2.45, 2.75) is 25.0 Å². The van der Waals surface area contributed by atoms with Gasteiger partial charge < -0.3 is 19.9 Å². The Morgan fingerprint density at radius 3 is 2.62 bits per heavy atom. The number of para-hydroxylation sites is 1. The third kappa shape index (κ3) is 5.08. The zero-order valence-corrected chi connectivity index (χ0v) is 17.9. The largest absolute Gasteiger partial charge is 0.488 e. The summed E-state index contributed by atoms with van der Waals surface area (Å²) in [5.74, 6) is -0.104. The average molecular weight is 442 g/mol. The van der Waals surface area contributed by atoms with Crippen LogP contribution in [-0.2, 0) is 9.53 Å². The van der Waals surface area contributed by atoms with E-state index in [4.69, 9.17) is 9.47 Å². The number of halogens is 1. The molecule has 1 saturated heterocycles. The maximum atomic E-state index is 13.8. The van der Waals surface area contributed by atoms with E-state index < -0.39 is 24.0 Å². The van der Waals surface area contributed by atoms with Gasteiger partial charge in [-0.05, 0) is 55.0 Å². The third-order valence-electron chi connectivity index (χ3n) is 6.22. The monoisotopic (exact) mass is 442 g/mol. The number of rotatable bonds is 6. The summed E-state index contributed by atoms with van der Waals surface area (Å²) in [6.07, 6.45) is 0.207. The number of hydrogen-bond acceptors (Lipinski definition) is 6. The number of likely N-dealkylation sites (tertiary alicyclic amines) is 1. The van der Waals surface area contributed by atoms with Gasteiger partial charge >= 0.3 is 5.97 Å². The highest BCUT2D eigenvalue weighted by atomic mass is 19.1. The van der Waals surface area contributed by atoms with Gasteiger partial charge in [0.15, 0.2) is 0 Å². The van der Waals surface area contributed by atoms with Gasteiger partial charge in [-0.25, -0.2) is 9.18 Å². The third-order valence-corrected chi connectivity index (χ3v) is 6.22. The quantitative estimate of drug-likeness (QED) is 0.669. The van der Waals surface area contributed by atoms with E-state index in [1.54, 1.807) is 36.4 Å². The van der Waals surface area contributed by atoms with Crippen molar-refractivity contribution >= 4 is 17.6 Å². The molecular formula is C24H27FN2O5. The van der Waals surface area contributed by atoms with Crippen LogP contribution in [0.5, 0.6) is 5.75 Å². The molecule has 1 aliphatic heterocycles. The molecule has 2 aromatic carbocycles. The van der Waals surface area contributed by atoms with E-state index in [1.165, 1.54) is 19.2 Å². The molecule has 0 aromatic heterocycles. The fourth-order valence-corrected chi connectivity index (χ4v) is 4.69. The Kier molecular flexibility index (Phi) is 6.72. The van der Waals surface area contributed by atoms with E-state index in [9.17, 15) is 19.1 Å². The van der Waals surface area contributed by atoms with Crippen molar-refractivity contribution in [3.05, 3.63) is 59.9 Å². The van der Waals surface area contributed by atoms with Gasteiger partial charge in [-0.2, -0.15) is 0 Å². The first-order valence-electron chi connectivity index (χ1n) is 10.7. The highest BCUT2D eigenvalue weighted by Crippen LogP contribution is 2.38. The number of benzene rings is 2. The molecular weight excluding hydrogens is 415 g/mol. The maximum absolute atomic E-state index is 13.8. The number of anilines is 1. The molecule has 2 fully saturated rings. The number of ether oxygens (including phenoxy) is 2. The Bertz CT molecular complexity index is 984. The molecule has 4 atom stereocenters. The lowest BCUT2D eigenvalue weighted by atomic mass is 9.78. The summed E-state index contributed by atoms with van der Waals surface area (Å²) in [5.41, 5.74) is 0.563. The number of aliphatic hydroxyl groups is 1. The molecule has 7 nitrogen and oxygen atoms in total. The summed E-state index contributed by atoms with van der Waals surface area (Å²) < 4.78 is 24.5. The SMILES string of the molecule is COC(=O)c1cccc(O[C@@H]2C[C@@H]3CN(CC(=O)Nc4ccccc4F)C[C@@H]3C[C@H]2O)c1. The van der Waals surface area contributed by atoms with Crippen LogP contribution in [0.4, 0.5) is 10.1 Å². The molecule has 0 unspecified atom stereocenters. The van der Waals surface area contributed by atoms with E-state index in [0.29, 0.717) is 37.2 Å². The number of amides is 1. The minimum Gasteiger partial charge on any atom is -0.488 e. The number of nitrogens with zero attached hydrogens (tertiary/aromatic N) is 1. The molecule has 4 rings (SSSR count). The number of nitrogens with one attached hydrogen (secondary N) is 1. The summed E-state index contributed by atoms with van der Waals surface area (Å²) in [4.78, 5) is 26.2. The minimum atomic E-state index is -0.634. The number of esters is 1. The molecule has 1 aliphatic carbocycles. The molecule has 2 aliphatic rings. The zero-order valence-electron chi connectivity index (χ0n) is 17.9. The summed E-state index contributed by atoms with van der Waals surface area (Å²) >= 11 is 0. The number of carbonyl (C=O) groups is 2. The summed E-state index contributed by atoms with van der Waals surface area (Å²) in [7, 11) is 1.32. The van der Waals surface area contributed by atoms with Gasteiger partial charge in [-0.15, -0.1) is 0 Å². The first kappa shape index (κ1) is 22.2. The molecule has 170 valence electrons. The Hall–Kier alpha value is -2.97. The van der Waals surface area contributed by atoms with Crippen LogP contribution in [0, 0.1) is 17.7 Å². The molecule has 8 heteroatoms. The minimum absolute atomic E-state index is 0.171. The summed E-state index contributed by atoms with van der Waals surface area (Å²) in [6, 6.07) is 12.8. The van der Waals surface area contributed by atoms with Crippen LogP contribution in [0.3, 0.4) is 0 Å². The predicted octanol–water partition coefficient (Wildman–Crippen LogP) is 2.70.